The monoisotopic (exact) mass is 818 g/mol. The number of fused-ring (bicyclic) bond motifs is 3. The predicted molar refractivity (Wildman–Crippen MR) is 222 cm³/mol. The normalized spacial score (nSPS) is 22.5. The van der Waals surface area contributed by atoms with Crippen molar-refractivity contribution in [3.63, 3.8) is 0 Å². The van der Waals surface area contributed by atoms with Gasteiger partial charge in [-0.15, -0.1) is 0 Å². The van der Waals surface area contributed by atoms with E-state index in [1.54, 1.807) is 4.90 Å². The number of nitrogens with zero attached hydrogens (tertiary/aromatic N) is 5. The number of nitrogens with one attached hydrogen (secondary N) is 1. The molecule has 8 N–H and O–H groups in total. The van der Waals surface area contributed by atoms with Crippen molar-refractivity contribution in [1.82, 2.24) is 24.9 Å². The van der Waals surface area contributed by atoms with Crippen LogP contribution in [0.25, 0.3) is 5.70 Å². The zero-order valence-corrected chi connectivity index (χ0v) is 33.8. The topological polar surface area (TPSA) is 212 Å². The first-order chi connectivity index (χ1) is 28.9. The average Bonchev–Trinajstić information content (AvgIpc) is 3.65. The summed E-state index contributed by atoms with van der Waals surface area (Å²) in [6, 6.07) is 20.4. The maximum Gasteiger partial charge on any atom is 0.262 e. The van der Waals surface area contributed by atoms with Crippen molar-refractivity contribution < 1.29 is 39.2 Å². The van der Waals surface area contributed by atoms with Crippen LogP contribution in [-0.2, 0) is 14.4 Å². The fourth-order valence-corrected chi connectivity index (χ4v) is 9.05. The second-order valence-electron chi connectivity index (χ2n) is 16.0. The van der Waals surface area contributed by atoms with Crippen molar-refractivity contribution in [2.24, 2.45) is 11.5 Å². The molecule has 4 saturated heterocycles. The molecular weight excluding hydrogens is 767 g/mol. The SMILES string of the molecule is Cc1ccccc1/C(N)=C/C(=C(\N)[NH3+])N1CC2CCC(C1)N2c1cccc(OCCN2CCN(C(=O)COc3ccc4c(c3)C(=O)N(C3CCC(=O)NC3=O)C4=O)CC2)c1. The lowest BCUT2D eigenvalue weighted by molar-refractivity contribution is -0.307. The Morgan fingerprint density at radius 2 is 1.55 bits per heavy atom. The number of piperidine rings is 1. The zero-order chi connectivity index (χ0) is 42.1. The van der Waals surface area contributed by atoms with Gasteiger partial charge in [0, 0.05) is 87.3 Å². The highest BCUT2D eigenvalue weighted by Gasteiger charge is 2.45. The van der Waals surface area contributed by atoms with E-state index in [0.717, 1.165) is 59.1 Å². The highest BCUT2D eigenvalue weighted by atomic mass is 16.5. The molecule has 5 aliphatic rings. The number of allylic oxidation sites excluding steroid dienone is 1. The van der Waals surface area contributed by atoms with Crippen LogP contribution in [-0.4, -0.2) is 126 Å². The van der Waals surface area contributed by atoms with Crippen LogP contribution in [0.1, 0.15) is 57.5 Å². The number of hydrogen-bond donors (Lipinski definition) is 4. The van der Waals surface area contributed by atoms with Gasteiger partial charge < -0.3 is 41.4 Å². The van der Waals surface area contributed by atoms with Gasteiger partial charge in [0.1, 0.15) is 29.8 Å². The smallest absolute Gasteiger partial charge is 0.262 e. The van der Waals surface area contributed by atoms with Crippen molar-refractivity contribution in [2.75, 3.05) is 63.9 Å². The maximum atomic E-state index is 13.2. The van der Waals surface area contributed by atoms with Crippen LogP contribution in [0.4, 0.5) is 5.69 Å². The third-order valence-corrected chi connectivity index (χ3v) is 12.2. The number of amides is 5. The molecule has 4 fully saturated rings. The Kier molecular flexibility index (Phi) is 11.5. The molecule has 5 heterocycles. The predicted octanol–water partition coefficient (Wildman–Crippen LogP) is 1.02. The summed E-state index contributed by atoms with van der Waals surface area (Å²) in [5.74, 6) is -0.935. The number of likely N-dealkylation sites (tertiary alicyclic amines) is 1. The van der Waals surface area contributed by atoms with E-state index in [4.69, 9.17) is 20.9 Å². The van der Waals surface area contributed by atoms with Gasteiger partial charge in [0.2, 0.25) is 17.6 Å². The molecule has 0 radical (unpaired) electrons. The molecule has 16 nitrogen and oxygen atoms in total. The number of imide groups is 2. The number of nitrogens with two attached hydrogens (primary N) is 2. The van der Waals surface area contributed by atoms with Crippen LogP contribution >= 0.6 is 0 Å². The summed E-state index contributed by atoms with van der Waals surface area (Å²) in [7, 11) is 0. The fraction of sp³-hybridized carbons (Fsp3) is 0.386. The largest absolute Gasteiger partial charge is 0.492 e. The van der Waals surface area contributed by atoms with Crippen molar-refractivity contribution >= 4 is 40.9 Å². The molecule has 0 saturated carbocycles. The highest BCUT2D eigenvalue weighted by molar-refractivity contribution is 6.23. The van der Waals surface area contributed by atoms with Gasteiger partial charge in [-0.05, 0) is 68.2 Å². The van der Waals surface area contributed by atoms with E-state index >= 15 is 0 Å². The minimum atomic E-state index is -1.05. The number of hydrogen-bond acceptors (Lipinski definition) is 12. The number of carbonyl (C=O) groups excluding carboxylic acids is 5. The summed E-state index contributed by atoms with van der Waals surface area (Å²) < 4.78 is 12.0. The summed E-state index contributed by atoms with van der Waals surface area (Å²) in [6.07, 6.45) is 4.24. The summed E-state index contributed by atoms with van der Waals surface area (Å²) in [4.78, 5) is 72.9. The summed E-state index contributed by atoms with van der Waals surface area (Å²) >= 11 is 0. The number of ether oxygens (including phenoxy) is 2. The molecule has 3 atom stereocenters. The first-order valence-corrected chi connectivity index (χ1v) is 20.5. The van der Waals surface area contributed by atoms with Crippen LogP contribution < -0.4 is 36.9 Å². The molecule has 0 spiro atoms. The summed E-state index contributed by atoms with van der Waals surface area (Å²) in [5.41, 5.74) is 22.1. The van der Waals surface area contributed by atoms with E-state index in [1.807, 2.05) is 36.4 Å². The van der Waals surface area contributed by atoms with E-state index in [2.05, 4.69) is 50.9 Å². The second-order valence-corrected chi connectivity index (χ2v) is 16.0. The Hall–Kier alpha value is -6.39. The van der Waals surface area contributed by atoms with Crippen molar-refractivity contribution in [3.05, 3.63) is 107 Å². The molecule has 16 heteroatoms. The maximum absolute atomic E-state index is 13.2. The minimum absolute atomic E-state index is 0.0387. The number of benzene rings is 3. The molecular formula is C44H52N9O7+. The van der Waals surface area contributed by atoms with E-state index in [9.17, 15) is 24.0 Å². The molecule has 5 aliphatic heterocycles. The Labute approximate surface area is 348 Å². The Bertz CT molecular complexity index is 2250. The first kappa shape index (κ1) is 40.4. The second kappa shape index (κ2) is 17.1. The van der Waals surface area contributed by atoms with Gasteiger partial charge in [0.05, 0.1) is 11.1 Å². The molecule has 2 bridgehead atoms. The van der Waals surface area contributed by atoms with E-state index in [0.29, 0.717) is 62.9 Å². The molecule has 0 aromatic heterocycles. The van der Waals surface area contributed by atoms with Gasteiger partial charge in [0.25, 0.3) is 17.7 Å². The molecule has 8 rings (SSSR count). The minimum Gasteiger partial charge on any atom is -0.492 e. The first-order valence-electron chi connectivity index (χ1n) is 20.5. The quantitative estimate of drug-likeness (QED) is 0.149. The average molecular weight is 819 g/mol. The number of carbonyl (C=O) groups is 5. The molecule has 60 heavy (non-hydrogen) atoms. The lowest BCUT2D eigenvalue weighted by Crippen LogP contribution is -2.58. The summed E-state index contributed by atoms with van der Waals surface area (Å²) in [5, 5.41) is 2.19. The van der Waals surface area contributed by atoms with Gasteiger partial charge in [-0.2, -0.15) is 0 Å². The third-order valence-electron chi connectivity index (χ3n) is 12.2. The number of rotatable bonds is 12. The molecule has 5 amide bonds. The van der Waals surface area contributed by atoms with Crippen LogP contribution in [0.2, 0.25) is 0 Å². The Morgan fingerprint density at radius 3 is 2.27 bits per heavy atom. The van der Waals surface area contributed by atoms with Gasteiger partial charge in [-0.3, -0.25) is 39.1 Å². The highest BCUT2D eigenvalue weighted by Crippen LogP contribution is 2.38. The van der Waals surface area contributed by atoms with Gasteiger partial charge in [0.15, 0.2) is 6.61 Å². The molecule has 0 aliphatic carbocycles. The Morgan fingerprint density at radius 1 is 0.833 bits per heavy atom. The summed E-state index contributed by atoms with van der Waals surface area (Å²) in [6.45, 7) is 7.13. The van der Waals surface area contributed by atoms with Crippen molar-refractivity contribution in [1.29, 1.82) is 0 Å². The standard InChI is InChI=1S/C44H51N9O7/c1-27-5-2-3-8-33(27)36(45)23-38(41(46)47)51-24-29-9-10-30(25-51)52(29)28-6-4-7-31(21-28)59-20-19-49-15-17-50(18-16-49)40(55)26-60-32-11-12-34-35(22-32)44(58)53(43(34)57)37-13-14-39(54)48-42(37)56/h2-8,11-12,21-23,29-30,37H,9-10,13-20,24-26,45-47H2,1H3,(H,48,54,56)/p+1/b36-23-. The lowest BCUT2D eigenvalue weighted by atomic mass is 10.0. The zero-order valence-electron chi connectivity index (χ0n) is 33.8. The van der Waals surface area contributed by atoms with E-state index < -0.39 is 29.7 Å². The molecule has 314 valence electrons. The van der Waals surface area contributed by atoms with Crippen LogP contribution in [0, 0.1) is 6.92 Å². The van der Waals surface area contributed by atoms with Crippen LogP contribution in [0.15, 0.2) is 84.3 Å². The van der Waals surface area contributed by atoms with Crippen LogP contribution in [0.5, 0.6) is 11.5 Å². The lowest BCUT2D eigenvalue weighted by Gasteiger charge is -2.43. The van der Waals surface area contributed by atoms with E-state index in [-0.39, 0.29) is 42.2 Å². The van der Waals surface area contributed by atoms with Crippen molar-refractivity contribution in [3.8, 4) is 11.5 Å². The fourth-order valence-electron chi connectivity index (χ4n) is 9.05. The Balaban J connectivity index is 0.787. The molecule has 3 aromatic rings. The number of quaternary nitrogens is 1. The molecule has 3 aromatic carbocycles. The number of aryl methyl sites for hydroxylation is 1. The van der Waals surface area contributed by atoms with Crippen LogP contribution in [0.3, 0.4) is 0 Å². The van der Waals surface area contributed by atoms with Crippen molar-refractivity contribution in [2.45, 2.75) is 50.7 Å². The van der Waals surface area contributed by atoms with E-state index in [1.165, 1.54) is 18.2 Å². The number of anilines is 1. The molecule has 3 unspecified atom stereocenters. The number of piperazine rings is 2. The van der Waals surface area contributed by atoms with Gasteiger partial charge in [-0.1, -0.05) is 30.3 Å². The third kappa shape index (κ3) is 8.25. The van der Waals surface area contributed by atoms with Gasteiger partial charge >= 0.3 is 0 Å². The van der Waals surface area contributed by atoms with Gasteiger partial charge in [-0.25, -0.2) is 0 Å².